The van der Waals surface area contributed by atoms with Gasteiger partial charge in [0.2, 0.25) is 0 Å². The number of rotatable bonds is 7. The van der Waals surface area contributed by atoms with Crippen molar-refractivity contribution < 1.29 is 28.5 Å². The fraction of sp³-hybridized carbons (Fsp3) is 0.441. The number of halogens is 1. The van der Waals surface area contributed by atoms with Gasteiger partial charge in [-0.1, -0.05) is 17.7 Å². The quantitative estimate of drug-likeness (QED) is 0.261. The van der Waals surface area contributed by atoms with Gasteiger partial charge < -0.3 is 33.2 Å². The molecule has 12 heteroatoms. The predicted molar refractivity (Wildman–Crippen MR) is 170 cm³/mol. The number of anilines is 1. The highest BCUT2D eigenvalue weighted by Crippen LogP contribution is 2.50. The Bertz CT molecular complexity index is 1780. The second-order valence-electron chi connectivity index (χ2n) is 12.4. The van der Waals surface area contributed by atoms with E-state index in [1.54, 1.807) is 18.3 Å². The van der Waals surface area contributed by atoms with Crippen molar-refractivity contribution in [2.75, 3.05) is 44.9 Å². The summed E-state index contributed by atoms with van der Waals surface area (Å²) >= 11 is 6.09. The van der Waals surface area contributed by atoms with Crippen LogP contribution in [0, 0.1) is 0 Å². The fourth-order valence-electron chi connectivity index (χ4n) is 7.24. The minimum absolute atomic E-state index is 0.117. The first kappa shape index (κ1) is 29.5. The highest BCUT2D eigenvalue weighted by Gasteiger charge is 2.46. The van der Waals surface area contributed by atoms with Gasteiger partial charge in [-0.3, -0.25) is 9.88 Å². The van der Waals surface area contributed by atoms with Crippen molar-refractivity contribution in [3.63, 3.8) is 0 Å². The van der Waals surface area contributed by atoms with Gasteiger partial charge in [-0.25, -0.2) is 9.78 Å². The molecule has 0 radical (unpaired) electrons. The molecule has 2 aromatic heterocycles. The predicted octanol–water partition coefficient (Wildman–Crippen LogP) is 4.78. The van der Waals surface area contributed by atoms with Gasteiger partial charge >= 0.3 is 5.97 Å². The Hall–Kier alpha value is -3.90. The van der Waals surface area contributed by atoms with Gasteiger partial charge in [0.25, 0.3) is 5.79 Å². The topological polar surface area (TPSA) is 100 Å². The van der Waals surface area contributed by atoms with E-state index in [2.05, 4.69) is 25.4 Å². The Morgan fingerprint density at radius 3 is 2.80 bits per heavy atom. The molecule has 6 heterocycles. The van der Waals surface area contributed by atoms with Crippen LogP contribution in [-0.4, -0.2) is 83.6 Å². The lowest BCUT2D eigenvalue weighted by atomic mass is 10.0. The van der Waals surface area contributed by atoms with Crippen molar-refractivity contribution in [2.45, 2.75) is 56.8 Å². The van der Waals surface area contributed by atoms with Gasteiger partial charge in [0.15, 0.2) is 11.5 Å². The van der Waals surface area contributed by atoms with Crippen molar-refractivity contribution in [3.05, 3.63) is 76.8 Å². The first-order valence-corrected chi connectivity index (χ1v) is 16.2. The molecule has 3 fully saturated rings. The summed E-state index contributed by atoms with van der Waals surface area (Å²) in [6, 6.07) is 15.5. The van der Waals surface area contributed by atoms with E-state index < -0.39 is 5.79 Å². The molecule has 0 bridgehead atoms. The number of nitrogens with zero attached hydrogens (tertiary/aromatic N) is 5. The van der Waals surface area contributed by atoms with Crippen LogP contribution in [0.25, 0.3) is 11.0 Å². The van der Waals surface area contributed by atoms with Crippen LogP contribution in [0.15, 0.2) is 54.7 Å². The summed E-state index contributed by atoms with van der Waals surface area (Å²) in [6.45, 7) is 6.81. The van der Waals surface area contributed by atoms with Crippen molar-refractivity contribution in [1.29, 1.82) is 0 Å². The number of carbonyl (C=O) groups excluding carboxylic acids is 1. The zero-order chi connectivity index (χ0) is 31.4. The van der Waals surface area contributed by atoms with Crippen LogP contribution in [0.5, 0.6) is 11.5 Å². The van der Waals surface area contributed by atoms with Crippen LogP contribution in [0.2, 0.25) is 5.02 Å². The number of pyridine rings is 1. The third-order valence-electron chi connectivity index (χ3n) is 9.58. The number of imidazole rings is 1. The number of esters is 1. The Morgan fingerprint density at radius 1 is 1.11 bits per heavy atom. The third-order valence-corrected chi connectivity index (χ3v) is 9.81. The van der Waals surface area contributed by atoms with Crippen LogP contribution >= 0.6 is 11.6 Å². The van der Waals surface area contributed by atoms with Crippen molar-refractivity contribution >= 4 is 34.3 Å². The normalized spacial score (nSPS) is 25.7. The summed E-state index contributed by atoms with van der Waals surface area (Å²) in [7, 11) is 1.40. The van der Waals surface area contributed by atoms with E-state index >= 15 is 0 Å². The lowest BCUT2D eigenvalue weighted by Crippen LogP contribution is -2.59. The van der Waals surface area contributed by atoms with Crippen LogP contribution in [0.4, 0.5) is 5.69 Å². The molecular formula is C34H36ClN5O6. The monoisotopic (exact) mass is 645 g/mol. The molecule has 2 aromatic carbocycles. The first-order valence-electron chi connectivity index (χ1n) is 15.8. The largest absolute Gasteiger partial charge is 0.465 e. The molecule has 8 rings (SSSR count). The van der Waals surface area contributed by atoms with Gasteiger partial charge in [-0.2, -0.15) is 0 Å². The van der Waals surface area contributed by atoms with E-state index in [-0.39, 0.29) is 24.2 Å². The second-order valence-corrected chi connectivity index (χ2v) is 12.9. The van der Waals surface area contributed by atoms with Gasteiger partial charge in [-0.05, 0) is 55.3 Å². The lowest BCUT2D eigenvalue weighted by molar-refractivity contribution is -0.0716. The van der Waals surface area contributed by atoms with Crippen LogP contribution in [-0.2, 0) is 33.1 Å². The minimum Gasteiger partial charge on any atom is -0.465 e. The van der Waals surface area contributed by atoms with E-state index in [4.69, 9.17) is 40.3 Å². The Labute approximate surface area is 271 Å². The molecule has 0 N–H and O–H groups in total. The number of piperazine rings is 1. The van der Waals surface area contributed by atoms with Gasteiger partial charge in [0, 0.05) is 32.8 Å². The van der Waals surface area contributed by atoms with E-state index in [0.717, 1.165) is 55.1 Å². The van der Waals surface area contributed by atoms with Crippen LogP contribution in [0.3, 0.4) is 0 Å². The molecule has 240 valence electrons. The molecule has 0 saturated carbocycles. The number of aromatic nitrogens is 3. The lowest BCUT2D eigenvalue weighted by Gasteiger charge is -2.44. The average Bonchev–Trinajstić information content (AvgIpc) is 3.88. The maximum Gasteiger partial charge on any atom is 0.337 e. The molecule has 11 nitrogen and oxygen atoms in total. The smallest absolute Gasteiger partial charge is 0.337 e. The summed E-state index contributed by atoms with van der Waals surface area (Å²) in [5.41, 5.74) is 3.92. The molecule has 4 aromatic rings. The van der Waals surface area contributed by atoms with E-state index in [0.29, 0.717) is 54.1 Å². The van der Waals surface area contributed by atoms with Crippen molar-refractivity contribution in [2.24, 2.45) is 0 Å². The minimum atomic E-state index is -1.06. The number of hydrogen-bond donors (Lipinski definition) is 0. The summed E-state index contributed by atoms with van der Waals surface area (Å²) in [4.78, 5) is 26.8. The number of benzene rings is 2. The second kappa shape index (κ2) is 11.7. The van der Waals surface area contributed by atoms with E-state index in [1.165, 1.54) is 7.11 Å². The van der Waals surface area contributed by atoms with Crippen molar-refractivity contribution in [1.82, 2.24) is 19.4 Å². The number of fused-ring (bicyclic) bond motifs is 3. The van der Waals surface area contributed by atoms with Gasteiger partial charge in [0.05, 0.1) is 78.9 Å². The SMILES string of the molecule is COC(=O)c1ccc2nc(CN3CCN(c4cccc5c4OC(C)(c4ccc(Cl)cn4)O5)[C@@H]4COC[C@@H]43)n(C[C@@H]3CCCO3)c2c1. The standard InChI is InChI=1S/C34H36ClN5O6/c1-34(30-11-9-22(35)16-36-30)45-29-7-3-6-25(32(29)46-34)39-13-12-38(27-19-43-20-28(27)39)18-31-37-24-10-8-21(33(41)42-2)15-26(24)40(31)17-23-5-4-14-44-23/h3,6-11,15-16,23,27-28H,4-5,12-14,17-20H2,1-2H3/t23-,27-,28+,34?/m0/s1. The molecule has 4 aliphatic rings. The molecule has 46 heavy (non-hydrogen) atoms. The van der Waals surface area contributed by atoms with Crippen LogP contribution in [0.1, 0.15) is 41.6 Å². The zero-order valence-electron chi connectivity index (χ0n) is 25.9. The number of methoxy groups -OCH3 is 1. The summed E-state index contributed by atoms with van der Waals surface area (Å²) < 4.78 is 32.3. The molecule has 0 spiro atoms. The zero-order valence-corrected chi connectivity index (χ0v) is 26.6. The third kappa shape index (κ3) is 5.15. The summed E-state index contributed by atoms with van der Waals surface area (Å²) in [5, 5.41) is 0.557. The Morgan fingerprint density at radius 2 is 2.00 bits per heavy atom. The average molecular weight is 646 g/mol. The van der Waals surface area contributed by atoms with Crippen LogP contribution < -0.4 is 14.4 Å². The Balaban J connectivity index is 1.07. The summed E-state index contributed by atoms with van der Waals surface area (Å²) in [5.74, 6) is 0.924. The first-order chi connectivity index (χ1) is 22.4. The number of hydrogen-bond acceptors (Lipinski definition) is 10. The Kier molecular flexibility index (Phi) is 7.51. The highest BCUT2D eigenvalue weighted by atomic mass is 35.5. The van der Waals surface area contributed by atoms with Gasteiger partial charge in [0.1, 0.15) is 11.5 Å². The molecule has 4 aliphatic heterocycles. The van der Waals surface area contributed by atoms with Gasteiger partial charge in [-0.15, -0.1) is 0 Å². The molecular weight excluding hydrogens is 610 g/mol. The molecule has 1 unspecified atom stereocenters. The van der Waals surface area contributed by atoms with Crippen molar-refractivity contribution in [3.8, 4) is 11.5 Å². The van der Waals surface area contributed by atoms with E-state index in [9.17, 15) is 4.79 Å². The fourth-order valence-corrected chi connectivity index (χ4v) is 7.36. The maximum atomic E-state index is 12.4. The molecule has 3 saturated heterocycles. The molecule has 0 amide bonds. The maximum absolute atomic E-state index is 12.4. The van der Waals surface area contributed by atoms with E-state index in [1.807, 2.05) is 37.3 Å². The number of para-hydroxylation sites is 1. The number of carbonyl (C=O) groups is 1. The molecule has 0 aliphatic carbocycles. The number of ether oxygens (including phenoxy) is 5. The highest BCUT2D eigenvalue weighted by molar-refractivity contribution is 6.30. The molecule has 4 atom stereocenters. The summed E-state index contributed by atoms with van der Waals surface area (Å²) in [6.07, 6.45) is 3.78.